The van der Waals surface area contributed by atoms with E-state index in [1.807, 2.05) is 13.2 Å². The number of hydrogen-bond acceptors (Lipinski definition) is 5. The normalized spacial score (nSPS) is 43.2. The molecule has 0 amide bonds. The van der Waals surface area contributed by atoms with E-state index < -0.39 is 0 Å². The van der Waals surface area contributed by atoms with Crippen LogP contribution >= 0.6 is 0 Å². The molecule has 6 atom stereocenters. The maximum absolute atomic E-state index is 6.97. The zero-order valence-electron chi connectivity index (χ0n) is 19.4. The molecule has 0 N–H and O–H groups in total. The Kier molecular flexibility index (Phi) is 3.80. The first-order valence-corrected chi connectivity index (χ1v) is 12.1. The molecule has 2 spiro atoms. The Morgan fingerprint density at radius 2 is 2.09 bits per heavy atom. The second-order valence-electron chi connectivity index (χ2n) is 11.3. The summed E-state index contributed by atoms with van der Waals surface area (Å²) in [6.45, 7) is 4.78. The van der Waals surface area contributed by atoms with Crippen molar-refractivity contribution in [1.29, 1.82) is 0 Å². The van der Waals surface area contributed by atoms with Gasteiger partial charge in [0.1, 0.15) is 17.5 Å². The molecule has 32 heavy (non-hydrogen) atoms. The van der Waals surface area contributed by atoms with E-state index in [4.69, 9.17) is 18.6 Å². The summed E-state index contributed by atoms with van der Waals surface area (Å²) < 4.78 is 25.2. The number of nitrogens with zero attached hydrogens (tertiary/aromatic N) is 1. The Hall–Kier alpha value is -1.82. The van der Waals surface area contributed by atoms with Crippen LogP contribution in [-0.2, 0) is 27.9 Å². The average molecular weight is 436 g/mol. The Morgan fingerprint density at radius 1 is 1.19 bits per heavy atom. The van der Waals surface area contributed by atoms with Crippen LogP contribution < -0.4 is 4.74 Å². The molecule has 5 heteroatoms. The van der Waals surface area contributed by atoms with Gasteiger partial charge in [0.25, 0.3) is 0 Å². The van der Waals surface area contributed by atoms with E-state index in [0.717, 1.165) is 43.5 Å². The zero-order chi connectivity index (χ0) is 21.8. The fraction of sp³-hybridized carbons (Fsp3) is 0.630. The van der Waals surface area contributed by atoms with E-state index >= 15 is 0 Å². The second kappa shape index (κ2) is 6.19. The van der Waals surface area contributed by atoms with E-state index in [9.17, 15) is 0 Å². The van der Waals surface area contributed by atoms with Crippen molar-refractivity contribution in [2.24, 2.45) is 10.8 Å². The fourth-order valence-corrected chi connectivity index (χ4v) is 9.16. The Labute approximate surface area is 190 Å². The van der Waals surface area contributed by atoms with Gasteiger partial charge in [-0.25, -0.2) is 0 Å². The van der Waals surface area contributed by atoms with Gasteiger partial charge in [-0.15, -0.1) is 0 Å². The quantitative estimate of drug-likeness (QED) is 0.699. The average Bonchev–Trinajstić information content (AvgIpc) is 3.42. The number of furan rings is 1. The maximum atomic E-state index is 6.97. The van der Waals surface area contributed by atoms with E-state index in [0.29, 0.717) is 19.3 Å². The molecule has 4 aliphatic carbocycles. The maximum Gasteiger partial charge on any atom is 0.139 e. The van der Waals surface area contributed by atoms with Gasteiger partial charge in [-0.2, -0.15) is 0 Å². The minimum Gasteiger partial charge on any atom is -0.486 e. The highest BCUT2D eigenvalue weighted by molar-refractivity contribution is 5.59. The number of benzene rings is 1. The number of ether oxygens (including phenoxy) is 3. The van der Waals surface area contributed by atoms with E-state index in [1.54, 1.807) is 12.5 Å². The highest BCUT2D eigenvalue weighted by Crippen LogP contribution is 2.78. The van der Waals surface area contributed by atoms with Gasteiger partial charge in [-0.05, 0) is 63.4 Å². The zero-order valence-corrected chi connectivity index (χ0v) is 19.4. The Bertz CT molecular complexity index is 1070. The van der Waals surface area contributed by atoms with Gasteiger partial charge in [0.15, 0.2) is 0 Å². The summed E-state index contributed by atoms with van der Waals surface area (Å²) >= 11 is 0. The lowest BCUT2D eigenvalue weighted by Crippen LogP contribution is -2.83. The van der Waals surface area contributed by atoms with Gasteiger partial charge in [0.2, 0.25) is 0 Å². The molecule has 4 bridgehead atoms. The molecule has 0 radical (unpaired) electrons. The third-order valence-corrected chi connectivity index (χ3v) is 10.3. The van der Waals surface area contributed by atoms with Gasteiger partial charge in [-0.1, -0.05) is 19.1 Å². The first kappa shape index (κ1) is 19.6. The van der Waals surface area contributed by atoms with Crippen LogP contribution in [-0.4, -0.2) is 50.0 Å². The lowest BCUT2D eigenvalue weighted by Gasteiger charge is -2.76. The summed E-state index contributed by atoms with van der Waals surface area (Å²) in [5, 5.41) is 0. The van der Waals surface area contributed by atoms with Crippen LogP contribution in [0, 0.1) is 10.8 Å². The van der Waals surface area contributed by atoms with Gasteiger partial charge in [0, 0.05) is 40.5 Å². The molecule has 4 fully saturated rings. The molecule has 1 saturated heterocycles. The van der Waals surface area contributed by atoms with Crippen molar-refractivity contribution in [3.05, 3.63) is 53.5 Å². The van der Waals surface area contributed by atoms with Crippen LogP contribution in [0.1, 0.15) is 49.3 Å². The van der Waals surface area contributed by atoms with Crippen molar-refractivity contribution in [3.8, 4) is 5.75 Å². The molecule has 2 aromatic rings. The molecule has 6 aliphatic rings. The number of piperidine rings is 1. The SMILES string of the molecule is CO[C@]12CC[C@@]3(C[C@]1(C)COCc1ccoc1)[C@H]1Cc4cccc5c4[C@@]3(CCN1C)[C@H]2O5. The molecule has 0 unspecified atom stereocenters. The van der Waals surface area contributed by atoms with Crippen LogP contribution in [0.25, 0.3) is 0 Å². The fourth-order valence-electron chi connectivity index (χ4n) is 9.16. The summed E-state index contributed by atoms with van der Waals surface area (Å²) in [6, 6.07) is 9.26. The standard InChI is InChI=1S/C27H33NO4/c1-24(17-31-15-18-7-12-30-14-18)16-25-8-9-27(24,29-3)23-26(25)10-11-28(2)21(25)13-19-5-4-6-20(32-23)22(19)26/h4-7,12,14,21,23H,8-11,13,15-17H2,1-3H3/t21-,23-,24-,25-,26+,27+/m1/s1. The molecule has 3 heterocycles. The van der Waals surface area contributed by atoms with Crippen LogP contribution in [0.15, 0.2) is 41.2 Å². The monoisotopic (exact) mass is 435 g/mol. The second-order valence-corrected chi connectivity index (χ2v) is 11.3. The third kappa shape index (κ3) is 1.99. The Balaban J connectivity index is 1.37. The molecule has 170 valence electrons. The number of likely N-dealkylation sites (N-methyl/N-ethyl adjacent to an activating group) is 1. The molecular formula is C27H33NO4. The lowest BCUT2D eigenvalue weighted by molar-refractivity contribution is -0.313. The lowest BCUT2D eigenvalue weighted by atomic mass is 9.32. The smallest absolute Gasteiger partial charge is 0.139 e. The third-order valence-electron chi connectivity index (χ3n) is 10.3. The van der Waals surface area contributed by atoms with Gasteiger partial charge >= 0.3 is 0 Å². The van der Waals surface area contributed by atoms with Crippen LogP contribution in [0.2, 0.25) is 0 Å². The highest BCUT2D eigenvalue weighted by Gasteiger charge is 2.82. The highest BCUT2D eigenvalue weighted by atomic mass is 16.6. The molecule has 1 aromatic heterocycles. The van der Waals surface area contributed by atoms with E-state index in [-0.39, 0.29) is 27.9 Å². The number of likely N-dealkylation sites (tertiary alicyclic amines) is 1. The summed E-state index contributed by atoms with van der Waals surface area (Å²) in [4.78, 5) is 2.65. The van der Waals surface area contributed by atoms with Crippen LogP contribution in [0.4, 0.5) is 0 Å². The molecule has 1 aromatic carbocycles. The summed E-state index contributed by atoms with van der Waals surface area (Å²) in [7, 11) is 4.25. The first-order valence-electron chi connectivity index (χ1n) is 12.1. The molecule has 3 saturated carbocycles. The molecule has 8 rings (SSSR count). The van der Waals surface area contributed by atoms with Crippen molar-refractivity contribution < 1.29 is 18.6 Å². The summed E-state index contributed by atoms with van der Waals surface area (Å²) in [5.41, 5.74) is 3.91. The minimum absolute atomic E-state index is 0.0534. The molecular weight excluding hydrogens is 402 g/mol. The number of fused-ring (bicyclic) bond motifs is 2. The van der Waals surface area contributed by atoms with Crippen molar-refractivity contribution in [1.82, 2.24) is 4.90 Å². The predicted molar refractivity (Wildman–Crippen MR) is 120 cm³/mol. The number of methoxy groups -OCH3 is 1. The number of hydrogen-bond donors (Lipinski definition) is 0. The van der Waals surface area contributed by atoms with Crippen molar-refractivity contribution in [2.45, 2.75) is 68.8 Å². The summed E-state index contributed by atoms with van der Waals surface area (Å²) in [5.74, 6) is 1.12. The van der Waals surface area contributed by atoms with Crippen LogP contribution in [0.3, 0.4) is 0 Å². The largest absolute Gasteiger partial charge is 0.486 e. The number of rotatable bonds is 5. The van der Waals surface area contributed by atoms with Gasteiger partial charge < -0.3 is 23.5 Å². The molecule has 5 nitrogen and oxygen atoms in total. The summed E-state index contributed by atoms with van der Waals surface area (Å²) in [6.07, 6.45) is 9.20. The van der Waals surface area contributed by atoms with Crippen molar-refractivity contribution >= 4 is 0 Å². The van der Waals surface area contributed by atoms with Gasteiger partial charge in [0.05, 0.1) is 25.7 Å². The van der Waals surface area contributed by atoms with E-state index in [1.165, 1.54) is 17.5 Å². The van der Waals surface area contributed by atoms with Crippen LogP contribution in [0.5, 0.6) is 5.75 Å². The van der Waals surface area contributed by atoms with Crippen molar-refractivity contribution in [3.63, 3.8) is 0 Å². The first-order chi connectivity index (χ1) is 15.5. The predicted octanol–water partition coefficient (Wildman–Crippen LogP) is 4.33. The van der Waals surface area contributed by atoms with E-state index in [2.05, 4.69) is 37.1 Å². The van der Waals surface area contributed by atoms with Gasteiger partial charge in [-0.3, -0.25) is 0 Å². The Morgan fingerprint density at radius 3 is 2.91 bits per heavy atom. The topological polar surface area (TPSA) is 44.1 Å². The molecule has 2 aliphatic heterocycles. The minimum atomic E-state index is -0.348. The van der Waals surface area contributed by atoms with Crippen molar-refractivity contribution in [2.75, 3.05) is 27.3 Å².